The minimum absolute atomic E-state index is 0.277. The Labute approximate surface area is 122 Å². The summed E-state index contributed by atoms with van der Waals surface area (Å²) in [4.78, 5) is 23.9. The number of carbonyl (C=O) groups is 2. The van der Waals surface area contributed by atoms with Gasteiger partial charge in [-0.2, -0.15) is 0 Å². The number of hydrogen-bond donors (Lipinski definition) is 1. The molecule has 6 heteroatoms. The lowest BCUT2D eigenvalue weighted by Gasteiger charge is -2.08. The van der Waals surface area contributed by atoms with E-state index in [-0.39, 0.29) is 18.8 Å². The Balaban J connectivity index is 2.20. The second-order valence-electron chi connectivity index (χ2n) is 4.62. The first kappa shape index (κ1) is 14.8. The topological polar surface area (TPSA) is 64.6 Å². The molecule has 1 heterocycles. The molecule has 2 rings (SSSR count). The Kier molecular flexibility index (Phi) is 5.00. The van der Waals surface area contributed by atoms with E-state index < -0.39 is 11.9 Å². The molecule has 110 valence electrons. The van der Waals surface area contributed by atoms with E-state index in [1.807, 2.05) is 0 Å². The fourth-order valence-corrected chi connectivity index (χ4v) is 2.74. The number of esters is 2. The van der Waals surface area contributed by atoms with Crippen molar-refractivity contribution in [3.8, 4) is 0 Å². The van der Waals surface area contributed by atoms with E-state index in [0.717, 1.165) is 6.54 Å². The second-order valence-corrected chi connectivity index (χ2v) is 5.50. The van der Waals surface area contributed by atoms with Gasteiger partial charge in [0.05, 0.1) is 18.8 Å². The summed E-state index contributed by atoms with van der Waals surface area (Å²) in [6.45, 7) is 4.86. The van der Waals surface area contributed by atoms with Crippen LogP contribution < -0.4 is 5.32 Å². The van der Waals surface area contributed by atoms with E-state index in [4.69, 9.17) is 9.47 Å². The predicted octanol–water partition coefficient (Wildman–Crippen LogP) is 2.92. The van der Waals surface area contributed by atoms with Crippen molar-refractivity contribution in [2.75, 3.05) is 25.1 Å². The van der Waals surface area contributed by atoms with Crippen LogP contribution >= 0.6 is 11.3 Å². The van der Waals surface area contributed by atoms with Crippen LogP contribution in [0.3, 0.4) is 0 Å². The number of nitrogens with one attached hydrogen (secondary N) is 1. The van der Waals surface area contributed by atoms with E-state index >= 15 is 0 Å². The zero-order valence-electron chi connectivity index (χ0n) is 11.7. The lowest BCUT2D eigenvalue weighted by atomic mass is 10.2. The van der Waals surface area contributed by atoms with Crippen molar-refractivity contribution < 1.29 is 19.1 Å². The lowest BCUT2D eigenvalue weighted by Crippen LogP contribution is -2.14. The van der Waals surface area contributed by atoms with Gasteiger partial charge in [-0.25, -0.2) is 9.59 Å². The van der Waals surface area contributed by atoms with Gasteiger partial charge in [0.15, 0.2) is 0 Å². The lowest BCUT2D eigenvalue weighted by molar-refractivity contribution is 0.0481. The van der Waals surface area contributed by atoms with Crippen LogP contribution in [-0.2, 0) is 9.47 Å². The molecule has 1 saturated carbocycles. The normalized spacial score (nSPS) is 13.9. The van der Waals surface area contributed by atoms with Gasteiger partial charge in [-0.1, -0.05) is 0 Å². The van der Waals surface area contributed by atoms with Crippen LogP contribution in [0.1, 0.15) is 47.4 Å². The van der Waals surface area contributed by atoms with Crippen molar-refractivity contribution in [2.45, 2.75) is 26.7 Å². The number of thiophene rings is 1. The zero-order valence-corrected chi connectivity index (χ0v) is 12.5. The van der Waals surface area contributed by atoms with Crippen LogP contribution in [0, 0.1) is 5.92 Å². The number of anilines is 1. The van der Waals surface area contributed by atoms with Crippen molar-refractivity contribution in [3.63, 3.8) is 0 Å². The van der Waals surface area contributed by atoms with E-state index in [9.17, 15) is 9.59 Å². The van der Waals surface area contributed by atoms with Crippen LogP contribution in [-0.4, -0.2) is 31.7 Å². The fourth-order valence-electron chi connectivity index (χ4n) is 1.81. The van der Waals surface area contributed by atoms with Crippen LogP contribution in [0.4, 0.5) is 5.00 Å². The summed E-state index contributed by atoms with van der Waals surface area (Å²) in [5, 5.41) is 5.59. The maximum Gasteiger partial charge on any atom is 0.342 e. The minimum Gasteiger partial charge on any atom is -0.462 e. The summed E-state index contributed by atoms with van der Waals surface area (Å²) in [5.41, 5.74) is 0.588. The molecule has 1 N–H and O–H groups in total. The van der Waals surface area contributed by atoms with Crippen LogP contribution in [0.15, 0.2) is 5.38 Å². The van der Waals surface area contributed by atoms with Gasteiger partial charge in [0, 0.05) is 11.9 Å². The molecule has 0 aromatic carbocycles. The molecule has 0 spiro atoms. The number of carbonyl (C=O) groups excluding carboxylic acids is 2. The van der Waals surface area contributed by atoms with Crippen LogP contribution in [0.2, 0.25) is 0 Å². The molecule has 0 atom stereocenters. The van der Waals surface area contributed by atoms with Gasteiger partial charge in [-0.05, 0) is 32.6 Å². The Morgan fingerprint density at radius 3 is 2.50 bits per heavy atom. The third-order valence-corrected chi connectivity index (χ3v) is 3.95. The van der Waals surface area contributed by atoms with Crippen molar-refractivity contribution in [1.82, 2.24) is 0 Å². The van der Waals surface area contributed by atoms with Gasteiger partial charge in [0.1, 0.15) is 10.6 Å². The third-order valence-electron chi connectivity index (χ3n) is 3.01. The summed E-state index contributed by atoms with van der Waals surface area (Å²) in [6.07, 6.45) is 2.44. The van der Waals surface area contributed by atoms with Gasteiger partial charge < -0.3 is 14.8 Å². The molecule has 1 aromatic heterocycles. The second kappa shape index (κ2) is 6.74. The van der Waals surface area contributed by atoms with Crippen molar-refractivity contribution in [2.24, 2.45) is 5.92 Å². The van der Waals surface area contributed by atoms with Crippen molar-refractivity contribution in [3.05, 3.63) is 16.5 Å². The molecule has 1 aliphatic carbocycles. The summed E-state index contributed by atoms with van der Waals surface area (Å²) in [7, 11) is 0. The van der Waals surface area contributed by atoms with Crippen LogP contribution in [0.25, 0.3) is 0 Å². The highest BCUT2D eigenvalue weighted by molar-refractivity contribution is 7.15. The summed E-state index contributed by atoms with van der Waals surface area (Å²) < 4.78 is 10.0. The van der Waals surface area contributed by atoms with E-state index in [0.29, 0.717) is 16.5 Å². The third kappa shape index (κ3) is 3.50. The zero-order chi connectivity index (χ0) is 14.5. The van der Waals surface area contributed by atoms with Gasteiger partial charge in [0.2, 0.25) is 0 Å². The average molecular weight is 297 g/mol. The number of hydrogen-bond acceptors (Lipinski definition) is 6. The van der Waals surface area contributed by atoms with E-state index in [2.05, 4.69) is 5.32 Å². The molecular formula is C14H19NO4S. The van der Waals surface area contributed by atoms with Gasteiger partial charge >= 0.3 is 11.9 Å². The first-order valence-corrected chi connectivity index (χ1v) is 7.74. The van der Waals surface area contributed by atoms with E-state index in [1.165, 1.54) is 24.2 Å². The molecule has 0 bridgehead atoms. The molecular weight excluding hydrogens is 278 g/mol. The van der Waals surface area contributed by atoms with Crippen LogP contribution in [0.5, 0.6) is 0 Å². The molecule has 20 heavy (non-hydrogen) atoms. The maximum absolute atomic E-state index is 12.1. The Morgan fingerprint density at radius 1 is 1.25 bits per heavy atom. The minimum atomic E-state index is -0.480. The summed E-state index contributed by atoms with van der Waals surface area (Å²) in [5.74, 6) is -0.278. The van der Waals surface area contributed by atoms with Gasteiger partial charge in [-0.15, -0.1) is 11.3 Å². The molecule has 0 unspecified atom stereocenters. The Morgan fingerprint density at radius 2 is 1.90 bits per heavy atom. The molecule has 0 saturated heterocycles. The smallest absolute Gasteiger partial charge is 0.342 e. The Bertz CT molecular complexity index is 493. The summed E-state index contributed by atoms with van der Waals surface area (Å²) in [6, 6.07) is 0. The molecule has 1 fully saturated rings. The largest absolute Gasteiger partial charge is 0.462 e. The highest BCUT2D eigenvalue weighted by Gasteiger charge is 2.27. The molecule has 5 nitrogen and oxygen atoms in total. The van der Waals surface area contributed by atoms with Gasteiger partial charge in [-0.3, -0.25) is 0 Å². The summed E-state index contributed by atoms with van der Waals surface area (Å²) >= 11 is 1.34. The number of ether oxygens (including phenoxy) is 2. The highest BCUT2D eigenvalue weighted by atomic mass is 32.1. The number of rotatable bonds is 7. The van der Waals surface area contributed by atoms with Crippen molar-refractivity contribution >= 4 is 28.3 Å². The molecule has 0 radical (unpaired) electrons. The molecule has 1 aromatic rings. The quantitative estimate of drug-likeness (QED) is 0.784. The molecule has 0 aliphatic heterocycles. The maximum atomic E-state index is 12.1. The average Bonchev–Trinajstić information content (AvgIpc) is 3.15. The first-order valence-electron chi connectivity index (χ1n) is 6.86. The Hall–Kier alpha value is -1.56. The molecule has 1 aliphatic rings. The highest BCUT2D eigenvalue weighted by Crippen LogP contribution is 2.33. The monoisotopic (exact) mass is 297 g/mol. The fraction of sp³-hybridized carbons (Fsp3) is 0.571. The SMILES string of the molecule is CCOC(=O)c1csc(NCC2CC2)c1C(=O)OCC. The standard InChI is InChI=1S/C14H19NO4S/c1-3-18-13(16)10-8-20-12(15-7-9-5-6-9)11(10)14(17)19-4-2/h8-9,15H,3-7H2,1-2H3. The first-order chi connectivity index (χ1) is 9.67. The molecule has 0 amide bonds. The predicted molar refractivity (Wildman–Crippen MR) is 77.4 cm³/mol. The van der Waals surface area contributed by atoms with E-state index in [1.54, 1.807) is 19.2 Å². The van der Waals surface area contributed by atoms with Crippen molar-refractivity contribution in [1.29, 1.82) is 0 Å². The van der Waals surface area contributed by atoms with Gasteiger partial charge in [0.25, 0.3) is 0 Å².